The molecular weight excluding hydrogens is 288 g/mol. The first kappa shape index (κ1) is 17.7. The molecule has 0 saturated heterocycles. The van der Waals surface area contributed by atoms with Crippen LogP contribution in [0, 0.1) is 5.41 Å². The van der Waals surface area contributed by atoms with Crippen molar-refractivity contribution in [1.29, 1.82) is 0 Å². The van der Waals surface area contributed by atoms with E-state index in [1.807, 2.05) is 26.0 Å². The molecule has 0 saturated carbocycles. The SMILES string of the molecule is CN(CC(C)(C)CN)C(=O)CCC(=O)c1ccc2c(c1)CCC2. The first-order valence-electron chi connectivity index (χ1n) is 8.41. The van der Waals surface area contributed by atoms with Gasteiger partial charge in [0.25, 0.3) is 0 Å². The van der Waals surface area contributed by atoms with Gasteiger partial charge in [-0.3, -0.25) is 9.59 Å². The first-order chi connectivity index (χ1) is 10.8. The van der Waals surface area contributed by atoms with Crippen LogP contribution < -0.4 is 5.73 Å². The van der Waals surface area contributed by atoms with Crippen LogP contribution in [0.5, 0.6) is 0 Å². The Hall–Kier alpha value is -1.68. The molecule has 1 aromatic carbocycles. The van der Waals surface area contributed by atoms with Gasteiger partial charge in [0.15, 0.2) is 5.78 Å². The summed E-state index contributed by atoms with van der Waals surface area (Å²) in [6.45, 7) is 5.20. The third-order valence-electron chi connectivity index (χ3n) is 4.63. The molecule has 2 rings (SSSR count). The summed E-state index contributed by atoms with van der Waals surface area (Å²) in [5.74, 6) is 0.0561. The zero-order chi connectivity index (χ0) is 17.0. The Morgan fingerprint density at radius 1 is 1.17 bits per heavy atom. The van der Waals surface area contributed by atoms with Crippen LogP contribution in [0.2, 0.25) is 0 Å². The van der Waals surface area contributed by atoms with Crippen molar-refractivity contribution in [2.45, 2.75) is 46.0 Å². The number of nitrogens with two attached hydrogens (primary N) is 1. The number of hydrogen-bond acceptors (Lipinski definition) is 3. The fraction of sp³-hybridized carbons (Fsp3) is 0.579. The van der Waals surface area contributed by atoms with Gasteiger partial charge < -0.3 is 10.6 Å². The number of benzene rings is 1. The summed E-state index contributed by atoms with van der Waals surface area (Å²) in [6, 6.07) is 5.97. The Bertz CT molecular complexity index is 593. The van der Waals surface area contributed by atoms with E-state index < -0.39 is 0 Å². The van der Waals surface area contributed by atoms with Crippen LogP contribution in [-0.2, 0) is 17.6 Å². The highest BCUT2D eigenvalue weighted by Gasteiger charge is 2.22. The topological polar surface area (TPSA) is 63.4 Å². The maximum Gasteiger partial charge on any atom is 0.222 e. The number of aryl methyl sites for hydroxylation is 2. The fourth-order valence-corrected chi connectivity index (χ4v) is 3.10. The van der Waals surface area contributed by atoms with Crippen molar-refractivity contribution in [2.75, 3.05) is 20.1 Å². The van der Waals surface area contributed by atoms with Crippen molar-refractivity contribution >= 4 is 11.7 Å². The molecule has 4 nitrogen and oxygen atoms in total. The van der Waals surface area contributed by atoms with Crippen LogP contribution in [-0.4, -0.2) is 36.7 Å². The van der Waals surface area contributed by atoms with Gasteiger partial charge in [0.2, 0.25) is 5.91 Å². The molecular formula is C19H28N2O2. The van der Waals surface area contributed by atoms with E-state index in [0.29, 0.717) is 13.1 Å². The number of carbonyl (C=O) groups is 2. The minimum atomic E-state index is -0.103. The van der Waals surface area contributed by atoms with Crippen LogP contribution in [0.25, 0.3) is 0 Å². The number of rotatable bonds is 7. The average molecular weight is 316 g/mol. The Labute approximate surface area is 139 Å². The molecule has 126 valence electrons. The van der Waals surface area contributed by atoms with Gasteiger partial charge >= 0.3 is 0 Å². The second-order valence-corrected chi connectivity index (χ2v) is 7.38. The smallest absolute Gasteiger partial charge is 0.222 e. The maximum atomic E-state index is 12.3. The summed E-state index contributed by atoms with van der Waals surface area (Å²) in [6.07, 6.45) is 3.88. The third-order valence-corrected chi connectivity index (χ3v) is 4.63. The van der Waals surface area contributed by atoms with Crippen molar-refractivity contribution in [3.63, 3.8) is 0 Å². The summed E-state index contributed by atoms with van der Waals surface area (Å²) >= 11 is 0. The summed E-state index contributed by atoms with van der Waals surface area (Å²) < 4.78 is 0. The lowest BCUT2D eigenvalue weighted by Gasteiger charge is -2.29. The maximum absolute atomic E-state index is 12.3. The van der Waals surface area contributed by atoms with Gasteiger partial charge in [0.05, 0.1) is 0 Å². The molecule has 0 spiro atoms. The zero-order valence-electron chi connectivity index (χ0n) is 14.5. The van der Waals surface area contributed by atoms with Gasteiger partial charge in [-0.1, -0.05) is 26.0 Å². The Balaban J connectivity index is 1.87. The molecule has 0 unspecified atom stereocenters. The Kier molecular flexibility index (Phi) is 5.58. The van der Waals surface area contributed by atoms with Crippen molar-refractivity contribution in [2.24, 2.45) is 11.1 Å². The Morgan fingerprint density at radius 3 is 2.57 bits per heavy atom. The number of fused-ring (bicyclic) bond motifs is 1. The van der Waals surface area contributed by atoms with Crippen molar-refractivity contribution in [1.82, 2.24) is 4.90 Å². The predicted molar refractivity (Wildman–Crippen MR) is 92.5 cm³/mol. The van der Waals surface area contributed by atoms with Crippen LogP contribution in [0.4, 0.5) is 0 Å². The van der Waals surface area contributed by atoms with Gasteiger partial charge in [-0.05, 0) is 48.4 Å². The molecule has 0 atom stereocenters. The van der Waals surface area contributed by atoms with E-state index in [4.69, 9.17) is 5.73 Å². The Morgan fingerprint density at radius 2 is 1.87 bits per heavy atom. The molecule has 0 aliphatic heterocycles. The summed E-state index contributed by atoms with van der Waals surface area (Å²) in [5, 5.41) is 0. The summed E-state index contributed by atoms with van der Waals surface area (Å²) in [5.41, 5.74) is 9.00. The lowest BCUT2D eigenvalue weighted by atomic mass is 9.93. The highest BCUT2D eigenvalue weighted by atomic mass is 16.2. The molecule has 0 radical (unpaired) electrons. The van der Waals surface area contributed by atoms with Crippen LogP contribution in [0.3, 0.4) is 0 Å². The number of nitrogens with zero attached hydrogens (tertiary/aromatic N) is 1. The van der Waals surface area contributed by atoms with E-state index in [1.165, 1.54) is 17.5 Å². The lowest BCUT2D eigenvalue weighted by Crippen LogP contribution is -2.39. The molecule has 0 bridgehead atoms. The van der Waals surface area contributed by atoms with Gasteiger partial charge in [-0.2, -0.15) is 0 Å². The molecule has 1 aliphatic rings. The number of carbonyl (C=O) groups excluding carboxylic acids is 2. The highest BCUT2D eigenvalue weighted by Crippen LogP contribution is 2.23. The van der Waals surface area contributed by atoms with Gasteiger partial charge in [-0.25, -0.2) is 0 Å². The first-order valence-corrected chi connectivity index (χ1v) is 8.41. The quantitative estimate of drug-likeness (QED) is 0.786. The van der Waals surface area contributed by atoms with E-state index >= 15 is 0 Å². The highest BCUT2D eigenvalue weighted by molar-refractivity contribution is 5.98. The zero-order valence-corrected chi connectivity index (χ0v) is 14.5. The summed E-state index contributed by atoms with van der Waals surface area (Å²) in [4.78, 5) is 26.2. The molecule has 2 N–H and O–H groups in total. The molecule has 1 amide bonds. The van der Waals surface area contributed by atoms with Crippen molar-refractivity contribution in [3.05, 3.63) is 34.9 Å². The number of hydrogen-bond donors (Lipinski definition) is 1. The largest absolute Gasteiger partial charge is 0.345 e. The number of Topliss-reactive ketones (excluding diaryl/α,β-unsaturated/α-hetero) is 1. The summed E-state index contributed by atoms with van der Waals surface area (Å²) in [7, 11) is 1.78. The van der Waals surface area contributed by atoms with E-state index in [9.17, 15) is 9.59 Å². The van der Waals surface area contributed by atoms with Crippen LogP contribution in [0.15, 0.2) is 18.2 Å². The molecule has 1 aliphatic carbocycles. The third kappa shape index (κ3) is 4.64. The van der Waals surface area contributed by atoms with E-state index in [-0.39, 0.29) is 29.9 Å². The van der Waals surface area contributed by atoms with Gasteiger partial charge in [0, 0.05) is 32.0 Å². The number of ketones is 1. The molecule has 23 heavy (non-hydrogen) atoms. The van der Waals surface area contributed by atoms with E-state index in [2.05, 4.69) is 6.07 Å². The minimum Gasteiger partial charge on any atom is -0.345 e. The van der Waals surface area contributed by atoms with Crippen molar-refractivity contribution in [3.8, 4) is 0 Å². The van der Waals surface area contributed by atoms with Crippen LogP contribution >= 0.6 is 0 Å². The standard InChI is InChI=1S/C19H28N2O2/c1-19(2,12-20)13-21(3)18(23)10-9-17(22)16-8-7-14-5-4-6-15(14)11-16/h7-8,11H,4-6,9-10,12-13,20H2,1-3H3. The normalized spacial score (nSPS) is 13.7. The lowest BCUT2D eigenvalue weighted by molar-refractivity contribution is -0.131. The van der Waals surface area contributed by atoms with Gasteiger partial charge in [-0.15, -0.1) is 0 Å². The monoisotopic (exact) mass is 316 g/mol. The fourth-order valence-electron chi connectivity index (χ4n) is 3.10. The van der Waals surface area contributed by atoms with Crippen molar-refractivity contribution < 1.29 is 9.59 Å². The predicted octanol–water partition coefficient (Wildman–Crippen LogP) is 2.58. The molecule has 1 aromatic rings. The van der Waals surface area contributed by atoms with E-state index in [1.54, 1.807) is 11.9 Å². The second kappa shape index (κ2) is 7.26. The van der Waals surface area contributed by atoms with Crippen LogP contribution in [0.1, 0.15) is 54.6 Å². The molecule has 0 aromatic heterocycles. The van der Waals surface area contributed by atoms with E-state index in [0.717, 1.165) is 18.4 Å². The second-order valence-electron chi connectivity index (χ2n) is 7.38. The van der Waals surface area contributed by atoms with Gasteiger partial charge in [0.1, 0.15) is 0 Å². The minimum absolute atomic E-state index is 0.000958. The molecule has 0 heterocycles. The molecule has 0 fully saturated rings. The average Bonchev–Trinajstić information content (AvgIpc) is 2.99. The molecule has 4 heteroatoms. The number of amides is 1.